The van der Waals surface area contributed by atoms with Crippen molar-refractivity contribution in [3.63, 3.8) is 0 Å². The number of hydrogen-bond acceptors (Lipinski definition) is 4. The van der Waals surface area contributed by atoms with Crippen LogP contribution in [0.4, 0.5) is 0 Å². The second-order valence-corrected chi connectivity index (χ2v) is 6.26. The van der Waals surface area contributed by atoms with Gasteiger partial charge in [0, 0.05) is 19.1 Å². The lowest BCUT2D eigenvalue weighted by molar-refractivity contribution is 0.0438. The predicted molar refractivity (Wildman–Crippen MR) is 77.6 cm³/mol. The maximum absolute atomic E-state index is 9.74. The molecule has 0 aromatic heterocycles. The van der Waals surface area contributed by atoms with Gasteiger partial charge in [-0.05, 0) is 38.1 Å². The zero-order valence-electron chi connectivity index (χ0n) is 11.8. The Morgan fingerprint density at radius 2 is 1.74 bits per heavy atom. The van der Waals surface area contributed by atoms with Gasteiger partial charge < -0.3 is 20.3 Å². The predicted octanol–water partition coefficient (Wildman–Crippen LogP) is 1.34. The van der Waals surface area contributed by atoms with E-state index >= 15 is 0 Å². The largest absolute Gasteiger partial charge is 0.390 e. The smallest absolute Gasteiger partial charge is 0.0806 e. The Hall–Kier alpha value is 0.130. The summed E-state index contributed by atoms with van der Waals surface area (Å²) in [6.45, 7) is 2.52. The Morgan fingerprint density at radius 1 is 1.16 bits per heavy atom. The fraction of sp³-hybridized carbons (Fsp3) is 1.00. The second kappa shape index (κ2) is 7.79. The number of methoxy groups -OCH3 is 1. The van der Waals surface area contributed by atoms with Crippen LogP contribution in [0.2, 0.25) is 0 Å². The van der Waals surface area contributed by atoms with Gasteiger partial charge in [0.15, 0.2) is 0 Å². The maximum atomic E-state index is 9.74. The fourth-order valence-corrected chi connectivity index (χ4v) is 3.62. The molecule has 19 heavy (non-hydrogen) atoms. The highest BCUT2D eigenvalue weighted by atomic mass is 35.5. The Morgan fingerprint density at radius 3 is 2.26 bits per heavy atom. The SMILES string of the molecule is COCC1(CNCC2CCCC2)C[C@@H](O)[C@@H](O)C1.Cl. The van der Waals surface area contributed by atoms with Gasteiger partial charge >= 0.3 is 0 Å². The first-order valence-electron chi connectivity index (χ1n) is 7.21. The van der Waals surface area contributed by atoms with E-state index < -0.39 is 12.2 Å². The molecule has 5 heteroatoms. The number of nitrogens with one attached hydrogen (secondary N) is 1. The van der Waals surface area contributed by atoms with Crippen molar-refractivity contribution in [2.45, 2.75) is 50.7 Å². The summed E-state index contributed by atoms with van der Waals surface area (Å²) in [5.41, 5.74) is -0.0911. The van der Waals surface area contributed by atoms with Crippen molar-refractivity contribution in [1.82, 2.24) is 5.32 Å². The number of aliphatic hydroxyl groups is 2. The van der Waals surface area contributed by atoms with Crippen molar-refractivity contribution in [3.8, 4) is 0 Å². The van der Waals surface area contributed by atoms with Crippen molar-refractivity contribution in [3.05, 3.63) is 0 Å². The number of aliphatic hydroxyl groups excluding tert-OH is 2. The van der Waals surface area contributed by atoms with E-state index in [2.05, 4.69) is 5.32 Å². The van der Waals surface area contributed by atoms with Crippen molar-refractivity contribution in [2.24, 2.45) is 11.3 Å². The molecule has 3 atom stereocenters. The highest BCUT2D eigenvalue weighted by molar-refractivity contribution is 5.85. The first-order valence-corrected chi connectivity index (χ1v) is 7.21. The molecule has 4 nitrogen and oxygen atoms in total. The zero-order valence-corrected chi connectivity index (χ0v) is 12.6. The molecule has 0 bridgehead atoms. The van der Waals surface area contributed by atoms with Gasteiger partial charge in [-0.1, -0.05) is 12.8 Å². The molecule has 2 aliphatic rings. The van der Waals surface area contributed by atoms with Crippen LogP contribution in [0.3, 0.4) is 0 Å². The first-order chi connectivity index (χ1) is 8.65. The van der Waals surface area contributed by atoms with E-state index in [4.69, 9.17) is 4.74 Å². The van der Waals surface area contributed by atoms with Crippen LogP contribution >= 0.6 is 12.4 Å². The van der Waals surface area contributed by atoms with Crippen LogP contribution in [-0.4, -0.2) is 49.2 Å². The standard InChI is InChI=1S/C14H27NO3.ClH/c1-18-10-14(6-12(16)13(17)7-14)9-15-8-11-4-2-3-5-11;/h11-13,15-17H,2-10H2,1H3;1H/t12-,13+,14?;. The lowest BCUT2D eigenvalue weighted by atomic mass is 9.86. The van der Waals surface area contributed by atoms with Gasteiger partial charge in [-0.15, -0.1) is 12.4 Å². The zero-order chi connectivity index (χ0) is 13.0. The van der Waals surface area contributed by atoms with E-state index in [-0.39, 0.29) is 17.8 Å². The summed E-state index contributed by atoms with van der Waals surface area (Å²) >= 11 is 0. The second-order valence-electron chi connectivity index (χ2n) is 6.26. The van der Waals surface area contributed by atoms with E-state index in [1.54, 1.807) is 7.11 Å². The molecule has 2 saturated carbocycles. The minimum atomic E-state index is -0.589. The lowest BCUT2D eigenvalue weighted by Gasteiger charge is -2.29. The van der Waals surface area contributed by atoms with Crippen molar-refractivity contribution < 1.29 is 14.9 Å². The van der Waals surface area contributed by atoms with Gasteiger partial charge in [-0.3, -0.25) is 0 Å². The molecule has 0 aliphatic heterocycles. The number of rotatable bonds is 6. The topological polar surface area (TPSA) is 61.7 Å². The number of hydrogen-bond donors (Lipinski definition) is 3. The highest BCUT2D eigenvalue weighted by Gasteiger charge is 2.43. The van der Waals surface area contributed by atoms with Crippen LogP contribution in [0.25, 0.3) is 0 Å². The Bertz CT molecular complexity index is 249. The van der Waals surface area contributed by atoms with Crippen molar-refractivity contribution in [1.29, 1.82) is 0 Å². The van der Waals surface area contributed by atoms with E-state index in [9.17, 15) is 10.2 Å². The summed E-state index contributed by atoms with van der Waals surface area (Å²) in [5, 5.41) is 23.0. The lowest BCUT2D eigenvalue weighted by Crippen LogP contribution is -2.38. The molecule has 114 valence electrons. The van der Waals surface area contributed by atoms with Gasteiger partial charge in [0.2, 0.25) is 0 Å². The van der Waals surface area contributed by atoms with Gasteiger partial charge in [0.1, 0.15) is 0 Å². The first kappa shape index (κ1) is 17.2. The molecule has 2 aliphatic carbocycles. The quantitative estimate of drug-likeness (QED) is 0.692. The monoisotopic (exact) mass is 293 g/mol. The third kappa shape index (κ3) is 4.57. The number of halogens is 1. The summed E-state index contributed by atoms with van der Waals surface area (Å²) < 4.78 is 5.29. The van der Waals surface area contributed by atoms with Gasteiger partial charge in [-0.25, -0.2) is 0 Å². The summed E-state index contributed by atoms with van der Waals surface area (Å²) in [7, 11) is 1.69. The van der Waals surface area contributed by atoms with Gasteiger partial charge in [0.25, 0.3) is 0 Å². The molecule has 2 rings (SSSR count). The Labute approximate surface area is 122 Å². The third-order valence-corrected chi connectivity index (χ3v) is 4.59. The van der Waals surface area contributed by atoms with Crippen molar-refractivity contribution >= 4 is 12.4 Å². The van der Waals surface area contributed by atoms with Crippen LogP contribution in [0.1, 0.15) is 38.5 Å². The summed E-state index contributed by atoms with van der Waals surface area (Å²) in [6, 6.07) is 0. The molecule has 3 N–H and O–H groups in total. The number of ether oxygens (including phenoxy) is 1. The van der Waals surface area contributed by atoms with Crippen molar-refractivity contribution in [2.75, 3.05) is 26.8 Å². The minimum absolute atomic E-state index is 0. The van der Waals surface area contributed by atoms with Crippen LogP contribution in [0.5, 0.6) is 0 Å². The van der Waals surface area contributed by atoms with Crippen LogP contribution < -0.4 is 5.32 Å². The van der Waals surface area contributed by atoms with Gasteiger partial charge in [0.05, 0.1) is 18.8 Å². The van der Waals surface area contributed by atoms with Crippen LogP contribution in [-0.2, 0) is 4.74 Å². The molecule has 0 spiro atoms. The molecule has 0 saturated heterocycles. The summed E-state index contributed by atoms with van der Waals surface area (Å²) in [4.78, 5) is 0. The van der Waals surface area contributed by atoms with E-state index in [0.29, 0.717) is 19.4 Å². The maximum Gasteiger partial charge on any atom is 0.0806 e. The van der Waals surface area contributed by atoms with Crippen LogP contribution in [0.15, 0.2) is 0 Å². The third-order valence-electron chi connectivity index (χ3n) is 4.59. The molecule has 1 unspecified atom stereocenters. The summed E-state index contributed by atoms with van der Waals surface area (Å²) in [5.74, 6) is 0.820. The van der Waals surface area contributed by atoms with Gasteiger partial charge in [-0.2, -0.15) is 0 Å². The average molecular weight is 294 g/mol. The Kier molecular flexibility index (Phi) is 7.05. The molecule has 2 fully saturated rings. The molecular formula is C14H28ClNO3. The fourth-order valence-electron chi connectivity index (χ4n) is 3.62. The van der Waals surface area contributed by atoms with E-state index in [1.165, 1.54) is 25.7 Å². The highest BCUT2D eigenvalue weighted by Crippen LogP contribution is 2.38. The van der Waals surface area contributed by atoms with E-state index in [1.807, 2.05) is 0 Å². The minimum Gasteiger partial charge on any atom is -0.390 e. The normalized spacial score (nSPS) is 35.5. The molecule has 0 aromatic carbocycles. The average Bonchev–Trinajstić information content (AvgIpc) is 2.90. The molecule has 0 amide bonds. The Balaban J connectivity index is 0.00000180. The van der Waals surface area contributed by atoms with Crippen LogP contribution in [0, 0.1) is 11.3 Å². The molecule has 0 heterocycles. The molecule has 0 radical (unpaired) electrons. The van der Waals surface area contributed by atoms with E-state index in [0.717, 1.165) is 19.0 Å². The molecule has 0 aromatic rings. The summed E-state index contributed by atoms with van der Waals surface area (Å²) in [6.07, 6.45) is 5.52. The molecular weight excluding hydrogens is 266 g/mol.